The van der Waals surface area contributed by atoms with Crippen LogP contribution in [0.3, 0.4) is 0 Å². The Bertz CT molecular complexity index is 737. The average molecular weight is 398 g/mol. The van der Waals surface area contributed by atoms with E-state index in [1.54, 1.807) is 23.1 Å². The van der Waals surface area contributed by atoms with Crippen molar-refractivity contribution in [2.75, 3.05) is 57.4 Å². The van der Waals surface area contributed by atoms with E-state index in [2.05, 4.69) is 4.90 Å². The van der Waals surface area contributed by atoms with Crippen LogP contribution in [0.5, 0.6) is 0 Å². The first-order valence-electron chi connectivity index (χ1n) is 9.66. The molecule has 1 saturated heterocycles. The summed E-state index contributed by atoms with van der Waals surface area (Å²) >= 11 is 0. The van der Waals surface area contributed by atoms with Crippen LogP contribution < -0.4 is 4.90 Å². The summed E-state index contributed by atoms with van der Waals surface area (Å²) in [4.78, 5) is 17.1. The number of ether oxygens (including phenoxy) is 1. The van der Waals surface area contributed by atoms with Gasteiger partial charge >= 0.3 is 0 Å². The lowest BCUT2D eigenvalue weighted by atomic mass is 10.1. The number of hydrogen-bond acceptors (Lipinski definition) is 5. The molecule has 0 saturated carbocycles. The fourth-order valence-corrected chi connectivity index (χ4v) is 4.81. The Kier molecular flexibility index (Phi) is 7.64. The van der Waals surface area contributed by atoms with Gasteiger partial charge in [0, 0.05) is 45.0 Å². The fourth-order valence-electron chi connectivity index (χ4n) is 3.32. The second-order valence-electron chi connectivity index (χ2n) is 6.35. The third kappa shape index (κ3) is 4.62. The van der Waals surface area contributed by atoms with Crippen molar-refractivity contribution < 1.29 is 17.9 Å². The molecule has 7 nitrogen and oxygen atoms in total. The molecule has 0 unspecified atom stereocenters. The maximum absolute atomic E-state index is 13.1. The number of nitrogens with zero attached hydrogens (tertiary/aromatic N) is 3. The van der Waals surface area contributed by atoms with Gasteiger partial charge in [0.15, 0.2) is 0 Å². The van der Waals surface area contributed by atoms with Gasteiger partial charge in [-0.05, 0) is 32.0 Å². The van der Waals surface area contributed by atoms with E-state index in [0.29, 0.717) is 58.0 Å². The third-order valence-electron chi connectivity index (χ3n) is 4.94. The maximum atomic E-state index is 13.1. The zero-order chi connectivity index (χ0) is 20.0. The highest BCUT2D eigenvalue weighted by atomic mass is 32.2. The molecule has 1 fully saturated rings. The fraction of sp³-hybridized carbons (Fsp3) is 0.632. The van der Waals surface area contributed by atoms with E-state index >= 15 is 0 Å². The van der Waals surface area contributed by atoms with Gasteiger partial charge in [0.25, 0.3) is 5.91 Å². The lowest BCUT2D eigenvalue weighted by molar-refractivity contribution is 0.0772. The Morgan fingerprint density at radius 1 is 1.04 bits per heavy atom. The van der Waals surface area contributed by atoms with E-state index in [-0.39, 0.29) is 10.8 Å². The molecular weight excluding hydrogens is 366 g/mol. The molecule has 0 spiro atoms. The Labute approximate surface area is 162 Å². The van der Waals surface area contributed by atoms with Crippen LogP contribution in [0.25, 0.3) is 0 Å². The highest BCUT2D eigenvalue weighted by Gasteiger charge is 2.27. The number of benzene rings is 1. The second-order valence-corrected chi connectivity index (χ2v) is 8.28. The van der Waals surface area contributed by atoms with Crippen molar-refractivity contribution in [2.24, 2.45) is 0 Å². The smallest absolute Gasteiger partial charge is 0.255 e. The van der Waals surface area contributed by atoms with Crippen molar-refractivity contribution in [3.05, 3.63) is 23.8 Å². The Balaban J connectivity index is 2.54. The number of carbonyl (C=O) groups is 1. The number of anilines is 1. The van der Waals surface area contributed by atoms with E-state index in [1.165, 1.54) is 4.31 Å². The lowest BCUT2D eigenvalue weighted by Crippen LogP contribution is -2.39. The van der Waals surface area contributed by atoms with E-state index in [4.69, 9.17) is 4.74 Å². The van der Waals surface area contributed by atoms with Crippen molar-refractivity contribution in [2.45, 2.75) is 32.6 Å². The van der Waals surface area contributed by atoms with Gasteiger partial charge in [0.2, 0.25) is 10.0 Å². The number of rotatable bonds is 8. The van der Waals surface area contributed by atoms with Crippen LogP contribution >= 0.6 is 0 Å². The van der Waals surface area contributed by atoms with Gasteiger partial charge in [-0.3, -0.25) is 4.79 Å². The molecule has 1 amide bonds. The summed E-state index contributed by atoms with van der Waals surface area (Å²) in [5, 5.41) is 0. The molecule has 0 aliphatic carbocycles. The number of amides is 1. The van der Waals surface area contributed by atoms with Crippen molar-refractivity contribution in [1.29, 1.82) is 0 Å². The van der Waals surface area contributed by atoms with Crippen LogP contribution in [-0.4, -0.2) is 76.0 Å². The molecule has 0 bridgehead atoms. The highest BCUT2D eigenvalue weighted by molar-refractivity contribution is 7.89. The van der Waals surface area contributed by atoms with E-state index < -0.39 is 10.0 Å². The number of morpholine rings is 1. The Hall–Kier alpha value is -1.64. The van der Waals surface area contributed by atoms with Gasteiger partial charge in [-0.2, -0.15) is 4.31 Å². The molecule has 1 aliphatic heterocycles. The summed E-state index contributed by atoms with van der Waals surface area (Å²) in [6.07, 6.45) is 0. The largest absolute Gasteiger partial charge is 0.378 e. The van der Waals surface area contributed by atoms with Crippen LogP contribution in [0.2, 0.25) is 0 Å². The first-order valence-corrected chi connectivity index (χ1v) is 11.1. The standard InChI is InChI=1S/C19H31N3O4S/c1-5-20(6-2)19(23)17-15-16(27(24,25)22(7-3)8-4)9-10-18(17)21-11-13-26-14-12-21/h9-10,15H,5-8,11-14H2,1-4H3. The average Bonchev–Trinajstić information content (AvgIpc) is 2.69. The van der Waals surface area contributed by atoms with Crippen LogP contribution in [0, 0.1) is 0 Å². The lowest BCUT2D eigenvalue weighted by Gasteiger charge is -2.32. The van der Waals surface area contributed by atoms with Gasteiger partial charge in [0.05, 0.1) is 23.7 Å². The van der Waals surface area contributed by atoms with E-state index in [9.17, 15) is 13.2 Å². The van der Waals surface area contributed by atoms with Gasteiger partial charge in [0.1, 0.15) is 0 Å². The minimum Gasteiger partial charge on any atom is -0.378 e. The van der Waals surface area contributed by atoms with Gasteiger partial charge in [-0.15, -0.1) is 0 Å². The summed E-state index contributed by atoms with van der Waals surface area (Å²) in [5.41, 5.74) is 1.21. The number of carbonyl (C=O) groups excluding carboxylic acids is 1. The zero-order valence-electron chi connectivity index (χ0n) is 16.8. The quantitative estimate of drug-likeness (QED) is 0.671. The van der Waals surface area contributed by atoms with Crippen molar-refractivity contribution in [3.63, 3.8) is 0 Å². The molecule has 0 N–H and O–H groups in total. The normalized spacial score (nSPS) is 15.2. The van der Waals surface area contributed by atoms with Crippen LogP contribution in [0.15, 0.2) is 23.1 Å². The molecule has 1 heterocycles. The molecule has 1 aromatic rings. The monoisotopic (exact) mass is 397 g/mol. The van der Waals surface area contributed by atoms with Gasteiger partial charge in [-0.25, -0.2) is 8.42 Å². The molecule has 1 aliphatic rings. The molecule has 0 aromatic heterocycles. The molecule has 1 aromatic carbocycles. The second kappa shape index (κ2) is 9.52. The first kappa shape index (κ1) is 21.7. The summed E-state index contributed by atoms with van der Waals surface area (Å²) in [5.74, 6) is -0.141. The number of hydrogen-bond donors (Lipinski definition) is 0. The maximum Gasteiger partial charge on any atom is 0.255 e. The predicted molar refractivity (Wildman–Crippen MR) is 107 cm³/mol. The molecule has 0 atom stereocenters. The predicted octanol–water partition coefficient (Wildman–Crippen LogP) is 2.04. The highest BCUT2D eigenvalue weighted by Crippen LogP contribution is 2.28. The molecule has 152 valence electrons. The first-order chi connectivity index (χ1) is 12.9. The van der Waals surface area contributed by atoms with Crippen molar-refractivity contribution in [3.8, 4) is 0 Å². The number of sulfonamides is 1. The van der Waals surface area contributed by atoms with Crippen LogP contribution in [0.1, 0.15) is 38.1 Å². The summed E-state index contributed by atoms with van der Waals surface area (Å²) in [6.45, 7) is 12.0. The van der Waals surface area contributed by atoms with Crippen molar-refractivity contribution in [1.82, 2.24) is 9.21 Å². The molecule has 27 heavy (non-hydrogen) atoms. The minimum absolute atomic E-state index is 0.141. The minimum atomic E-state index is -3.62. The van der Waals surface area contributed by atoms with Crippen LogP contribution in [0.4, 0.5) is 5.69 Å². The van der Waals surface area contributed by atoms with E-state index in [0.717, 1.165) is 5.69 Å². The molecule has 0 radical (unpaired) electrons. The van der Waals surface area contributed by atoms with Crippen LogP contribution in [-0.2, 0) is 14.8 Å². The summed E-state index contributed by atoms with van der Waals surface area (Å²) < 4.78 is 32.7. The van der Waals surface area contributed by atoms with Crippen molar-refractivity contribution >= 4 is 21.6 Å². The molecule has 8 heteroatoms. The molecule has 2 rings (SSSR count). The van der Waals surface area contributed by atoms with E-state index in [1.807, 2.05) is 27.7 Å². The molecular formula is C19H31N3O4S. The summed E-state index contributed by atoms with van der Waals surface area (Å²) in [6, 6.07) is 4.91. The van der Waals surface area contributed by atoms with Gasteiger partial charge in [-0.1, -0.05) is 13.8 Å². The summed E-state index contributed by atoms with van der Waals surface area (Å²) in [7, 11) is -3.62. The topological polar surface area (TPSA) is 70.2 Å². The third-order valence-corrected chi connectivity index (χ3v) is 6.99. The van der Waals surface area contributed by atoms with Gasteiger partial charge < -0.3 is 14.5 Å². The SMILES string of the molecule is CCN(CC)C(=O)c1cc(S(=O)(=O)N(CC)CC)ccc1N1CCOCC1. The Morgan fingerprint density at radius 3 is 2.15 bits per heavy atom. The Morgan fingerprint density at radius 2 is 1.63 bits per heavy atom. The zero-order valence-corrected chi connectivity index (χ0v) is 17.6.